The van der Waals surface area contributed by atoms with Gasteiger partial charge in [-0.25, -0.2) is 0 Å². The topological polar surface area (TPSA) is 95.6 Å². The van der Waals surface area contributed by atoms with Gasteiger partial charge in [-0.2, -0.15) is 0 Å². The summed E-state index contributed by atoms with van der Waals surface area (Å²) in [6, 6.07) is 5.83. The number of carbonyl (C=O) groups is 2. The van der Waals surface area contributed by atoms with Crippen LogP contribution in [0.1, 0.15) is 11.6 Å². The van der Waals surface area contributed by atoms with Gasteiger partial charge in [0.25, 0.3) is 0 Å². The summed E-state index contributed by atoms with van der Waals surface area (Å²) in [7, 11) is 2.11. The number of nitrogens with one attached hydrogen (secondary N) is 2. The highest BCUT2D eigenvalue weighted by atomic mass is 16.7. The minimum absolute atomic E-state index is 0.0525. The van der Waals surface area contributed by atoms with Crippen LogP contribution in [-0.2, 0) is 14.3 Å². The minimum Gasteiger partial charge on any atom is -0.454 e. The Morgan fingerprint density at radius 3 is 2.47 bits per heavy atom. The number of morpholine rings is 1. The van der Waals surface area contributed by atoms with Crippen molar-refractivity contribution in [1.82, 2.24) is 25.3 Å². The first kappa shape index (κ1) is 22.8. The summed E-state index contributed by atoms with van der Waals surface area (Å²) in [5.41, 5.74) is 1.03. The largest absolute Gasteiger partial charge is 0.454 e. The van der Waals surface area contributed by atoms with E-state index in [1.807, 2.05) is 18.2 Å². The predicted molar refractivity (Wildman–Crippen MR) is 118 cm³/mol. The first-order valence-corrected chi connectivity index (χ1v) is 11.3. The molecule has 3 aliphatic heterocycles. The van der Waals surface area contributed by atoms with Crippen LogP contribution >= 0.6 is 0 Å². The lowest BCUT2D eigenvalue weighted by Crippen LogP contribution is -2.50. The molecule has 1 atom stereocenters. The second kappa shape index (κ2) is 11.0. The van der Waals surface area contributed by atoms with Crippen LogP contribution in [-0.4, -0.2) is 112 Å². The van der Waals surface area contributed by atoms with Gasteiger partial charge in [0.1, 0.15) is 0 Å². The molecule has 10 nitrogen and oxygen atoms in total. The molecule has 2 saturated heterocycles. The van der Waals surface area contributed by atoms with Gasteiger partial charge >= 0.3 is 11.8 Å². The molecule has 2 amide bonds. The van der Waals surface area contributed by atoms with Crippen LogP contribution in [0.3, 0.4) is 0 Å². The van der Waals surface area contributed by atoms with Gasteiger partial charge in [0.05, 0.1) is 19.3 Å². The maximum absolute atomic E-state index is 12.5. The number of benzene rings is 1. The number of piperazine rings is 1. The second-order valence-corrected chi connectivity index (χ2v) is 8.39. The quantitative estimate of drug-likeness (QED) is 0.529. The lowest BCUT2D eigenvalue weighted by atomic mass is 10.0. The molecule has 0 aromatic heterocycles. The Kier molecular flexibility index (Phi) is 7.80. The van der Waals surface area contributed by atoms with Crippen molar-refractivity contribution < 1.29 is 23.8 Å². The monoisotopic (exact) mass is 447 g/mol. The van der Waals surface area contributed by atoms with Crippen LogP contribution in [0.5, 0.6) is 11.5 Å². The molecular formula is C22H33N5O5. The Morgan fingerprint density at radius 2 is 1.69 bits per heavy atom. The Hall–Kier alpha value is -2.40. The summed E-state index contributed by atoms with van der Waals surface area (Å²) in [5, 5.41) is 5.56. The highest BCUT2D eigenvalue weighted by Gasteiger charge is 2.27. The molecule has 4 rings (SSSR count). The van der Waals surface area contributed by atoms with Gasteiger partial charge in [-0.15, -0.1) is 0 Å². The minimum atomic E-state index is -0.605. The van der Waals surface area contributed by atoms with E-state index < -0.39 is 11.8 Å². The fourth-order valence-electron chi connectivity index (χ4n) is 4.21. The van der Waals surface area contributed by atoms with Crippen molar-refractivity contribution in [2.75, 3.05) is 86.0 Å². The second-order valence-electron chi connectivity index (χ2n) is 8.39. The van der Waals surface area contributed by atoms with E-state index in [-0.39, 0.29) is 12.8 Å². The van der Waals surface area contributed by atoms with E-state index in [0.717, 1.165) is 50.6 Å². The molecule has 0 saturated carbocycles. The molecule has 0 unspecified atom stereocenters. The third-order valence-electron chi connectivity index (χ3n) is 6.24. The van der Waals surface area contributed by atoms with E-state index >= 15 is 0 Å². The third-order valence-corrected chi connectivity index (χ3v) is 6.24. The van der Waals surface area contributed by atoms with Crippen molar-refractivity contribution in [3.8, 4) is 11.5 Å². The molecule has 2 fully saturated rings. The number of nitrogens with zero attached hydrogens (tertiary/aromatic N) is 3. The van der Waals surface area contributed by atoms with Crippen molar-refractivity contribution in [2.24, 2.45) is 0 Å². The molecule has 10 heteroatoms. The van der Waals surface area contributed by atoms with Crippen LogP contribution in [0.2, 0.25) is 0 Å². The summed E-state index contributed by atoms with van der Waals surface area (Å²) in [6.45, 7) is 8.53. The Labute approximate surface area is 188 Å². The summed E-state index contributed by atoms with van der Waals surface area (Å²) >= 11 is 0. The maximum atomic E-state index is 12.5. The van der Waals surface area contributed by atoms with Gasteiger partial charge in [0, 0.05) is 58.9 Å². The van der Waals surface area contributed by atoms with Gasteiger partial charge in [0.2, 0.25) is 6.79 Å². The number of hydrogen-bond donors (Lipinski definition) is 2. The van der Waals surface area contributed by atoms with Crippen molar-refractivity contribution in [2.45, 2.75) is 6.04 Å². The van der Waals surface area contributed by atoms with Crippen LogP contribution in [0.15, 0.2) is 18.2 Å². The Morgan fingerprint density at radius 1 is 0.969 bits per heavy atom. The van der Waals surface area contributed by atoms with E-state index in [9.17, 15) is 9.59 Å². The highest BCUT2D eigenvalue weighted by molar-refractivity contribution is 6.35. The molecule has 1 aromatic rings. The molecule has 32 heavy (non-hydrogen) atoms. The molecular weight excluding hydrogens is 414 g/mol. The highest BCUT2D eigenvalue weighted by Crippen LogP contribution is 2.35. The zero-order valence-corrected chi connectivity index (χ0v) is 18.7. The van der Waals surface area contributed by atoms with Gasteiger partial charge in [-0.3, -0.25) is 19.4 Å². The SMILES string of the molecule is CN1CCN([C@@H](CNC(=O)C(=O)NCCN2CCOCC2)c2ccc3c(c2)OCO3)CC1. The van der Waals surface area contributed by atoms with Gasteiger partial charge in [0.15, 0.2) is 11.5 Å². The van der Waals surface area contributed by atoms with Crippen molar-refractivity contribution >= 4 is 11.8 Å². The van der Waals surface area contributed by atoms with Crippen molar-refractivity contribution in [3.05, 3.63) is 23.8 Å². The first-order chi connectivity index (χ1) is 15.6. The predicted octanol–water partition coefficient (Wildman–Crippen LogP) is -0.732. The van der Waals surface area contributed by atoms with Gasteiger partial charge < -0.3 is 29.7 Å². The Balaban J connectivity index is 1.32. The lowest BCUT2D eigenvalue weighted by Gasteiger charge is -2.38. The smallest absolute Gasteiger partial charge is 0.309 e. The van der Waals surface area contributed by atoms with E-state index in [4.69, 9.17) is 14.2 Å². The normalized spacial score (nSPS) is 20.7. The summed E-state index contributed by atoms with van der Waals surface area (Å²) in [5.74, 6) is 0.247. The number of fused-ring (bicyclic) bond motifs is 1. The van der Waals surface area contributed by atoms with E-state index in [1.165, 1.54) is 0 Å². The van der Waals surface area contributed by atoms with Crippen molar-refractivity contribution in [1.29, 1.82) is 0 Å². The van der Waals surface area contributed by atoms with E-state index in [1.54, 1.807) is 0 Å². The zero-order valence-electron chi connectivity index (χ0n) is 18.7. The summed E-state index contributed by atoms with van der Waals surface area (Å²) in [4.78, 5) is 31.6. The molecule has 1 aromatic carbocycles. The van der Waals surface area contributed by atoms with Gasteiger partial charge in [-0.1, -0.05) is 6.07 Å². The number of ether oxygens (including phenoxy) is 3. The lowest BCUT2D eigenvalue weighted by molar-refractivity contribution is -0.139. The molecule has 3 aliphatic rings. The molecule has 2 N–H and O–H groups in total. The fraction of sp³-hybridized carbons (Fsp3) is 0.636. The standard InChI is InChI=1S/C22H33N5O5/c1-25-6-8-27(9-7-25)18(17-2-3-19-20(14-17)32-16-31-19)15-24-22(29)21(28)23-4-5-26-10-12-30-13-11-26/h2-3,14,18H,4-13,15-16H2,1H3,(H,23,28)(H,24,29)/t18-/m0/s1. The first-order valence-electron chi connectivity index (χ1n) is 11.3. The van der Waals surface area contributed by atoms with Crippen LogP contribution in [0, 0.1) is 0 Å². The van der Waals surface area contributed by atoms with Gasteiger partial charge in [-0.05, 0) is 24.7 Å². The molecule has 0 spiro atoms. The number of amides is 2. The molecule has 176 valence electrons. The average Bonchev–Trinajstić information content (AvgIpc) is 3.29. The summed E-state index contributed by atoms with van der Waals surface area (Å²) in [6.07, 6.45) is 0. The van der Waals surface area contributed by atoms with Crippen molar-refractivity contribution in [3.63, 3.8) is 0 Å². The van der Waals surface area contributed by atoms with Crippen LogP contribution in [0.4, 0.5) is 0 Å². The van der Waals surface area contributed by atoms with Crippen LogP contribution < -0.4 is 20.1 Å². The maximum Gasteiger partial charge on any atom is 0.309 e. The van der Waals surface area contributed by atoms with E-state index in [0.29, 0.717) is 38.6 Å². The molecule has 0 radical (unpaired) electrons. The number of likely N-dealkylation sites (N-methyl/N-ethyl adjacent to an activating group) is 1. The molecule has 0 bridgehead atoms. The molecule has 3 heterocycles. The average molecular weight is 448 g/mol. The third kappa shape index (κ3) is 5.89. The summed E-state index contributed by atoms with van der Waals surface area (Å²) < 4.78 is 16.3. The Bertz CT molecular complexity index is 793. The number of carbonyl (C=O) groups excluding carboxylic acids is 2. The zero-order chi connectivity index (χ0) is 22.3. The number of hydrogen-bond acceptors (Lipinski definition) is 8. The van der Waals surface area contributed by atoms with E-state index in [2.05, 4.69) is 32.4 Å². The number of rotatable bonds is 7. The fourth-order valence-corrected chi connectivity index (χ4v) is 4.21. The van der Waals surface area contributed by atoms with Crippen LogP contribution in [0.25, 0.3) is 0 Å². The molecule has 0 aliphatic carbocycles.